The van der Waals surface area contributed by atoms with Gasteiger partial charge >= 0.3 is 11.9 Å². The molecule has 0 aromatic carbocycles. The van der Waals surface area contributed by atoms with E-state index in [1.54, 1.807) is 6.08 Å². The number of hydrogen-bond donors (Lipinski definition) is 5. The van der Waals surface area contributed by atoms with Gasteiger partial charge in [0, 0.05) is 17.9 Å². The van der Waals surface area contributed by atoms with Gasteiger partial charge in [0.25, 0.3) is 0 Å². The SMILES string of the molecule is C[C@]12CC[C@H]3[C@@H](CC[C@H]4C[C@H]5O[C@@H]6O[C@H](CO)C[C@@H](O)[C@]6(O)O[C@@H]5C[C@@]43C(=O)O)[C@@]1(O)CC[C@@H]2C1=CC(=O)OC1. The molecule has 0 bridgehead atoms. The van der Waals surface area contributed by atoms with Crippen LogP contribution >= 0.6 is 0 Å². The summed E-state index contributed by atoms with van der Waals surface area (Å²) >= 11 is 0. The molecule has 7 aliphatic rings. The van der Waals surface area contributed by atoms with E-state index < -0.39 is 58.9 Å². The Hall–Kier alpha value is -1.60. The summed E-state index contributed by atoms with van der Waals surface area (Å²) in [7, 11) is 0. The summed E-state index contributed by atoms with van der Waals surface area (Å²) in [6.45, 7) is 2.01. The van der Waals surface area contributed by atoms with Crippen molar-refractivity contribution in [3.63, 3.8) is 0 Å². The van der Waals surface area contributed by atoms with Crippen LogP contribution in [0.25, 0.3) is 0 Å². The second-order valence-electron chi connectivity index (χ2n) is 13.7. The van der Waals surface area contributed by atoms with Crippen LogP contribution < -0.4 is 0 Å². The van der Waals surface area contributed by atoms with Crippen LogP contribution in [0.2, 0.25) is 0 Å². The van der Waals surface area contributed by atoms with Gasteiger partial charge in [0.05, 0.1) is 35.9 Å². The number of carboxylic acids is 1. The minimum Gasteiger partial charge on any atom is -0.481 e. The number of aliphatic carboxylic acids is 1. The maximum absolute atomic E-state index is 13.3. The molecule has 0 aromatic rings. The van der Waals surface area contributed by atoms with Crippen molar-refractivity contribution in [1.29, 1.82) is 0 Å². The predicted octanol–water partition coefficient (Wildman–Crippen LogP) is 0.859. The van der Waals surface area contributed by atoms with E-state index in [-0.39, 0.29) is 55.7 Å². The minimum atomic E-state index is -2.16. The number of carbonyl (C=O) groups excluding carboxylic acids is 1. The highest BCUT2D eigenvalue weighted by atomic mass is 16.8. The van der Waals surface area contributed by atoms with E-state index in [1.807, 2.05) is 0 Å². The molecule has 0 spiro atoms. The van der Waals surface area contributed by atoms with Crippen molar-refractivity contribution in [2.24, 2.45) is 34.5 Å². The summed E-state index contributed by atoms with van der Waals surface area (Å²) in [6.07, 6.45) is 1.23. The fourth-order valence-electron chi connectivity index (χ4n) is 10.4. The number of aliphatic hydroxyl groups is 4. The third-order valence-electron chi connectivity index (χ3n) is 12.3. The van der Waals surface area contributed by atoms with Gasteiger partial charge in [-0.1, -0.05) is 6.92 Å². The average molecular weight is 565 g/mol. The van der Waals surface area contributed by atoms with E-state index in [0.29, 0.717) is 38.5 Å². The molecule has 3 aliphatic heterocycles. The van der Waals surface area contributed by atoms with Gasteiger partial charge in [0.1, 0.15) is 12.7 Å². The quantitative estimate of drug-likeness (QED) is 0.243. The zero-order valence-corrected chi connectivity index (χ0v) is 22.7. The molecule has 4 saturated carbocycles. The number of hydrogen-bond acceptors (Lipinski definition) is 10. The fraction of sp³-hybridized carbons (Fsp3) is 0.862. The molecule has 13 atom stereocenters. The zero-order valence-electron chi connectivity index (χ0n) is 22.7. The predicted molar refractivity (Wildman–Crippen MR) is 134 cm³/mol. The van der Waals surface area contributed by atoms with Gasteiger partial charge in [0.15, 0.2) is 0 Å². The van der Waals surface area contributed by atoms with Crippen LogP contribution in [0.1, 0.15) is 64.7 Å². The number of carbonyl (C=O) groups is 2. The molecule has 2 saturated heterocycles. The molecule has 0 amide bonds. The van der Waals surface area contributed by atoms with Crippen molar-refractivity contribution in [3.05, 3.63) is 11.6 Å². The normalized spacial score (nSPS) is 55.2. The summed E-state index contributed by atoms with van der Waals surface area (Å²) in [4.78, 5) is 25.2. The molecule has 0 unspecified atom stereocenters. The standard InChI is InChI=1S/C29H40O11/c1-26-6-4-18-19(28(26,35)7-5-17(26)14-8-23(32)37-13-14)3-2-15-9-20-21(11-27(15,18)24(33)34)40-29(36)22(31)10-16(12-30)38-25(29)39-20/h8,15-22,25,30-31,35-36H,2-7,9-13H2,1H3,(H,33,34)/t15-,16-,17+,18-,19+,20+,21+,22+,25-,26+,27+,28-,29-/m0/s1. The first-order valence-corrected chi connectivity index (χ1v) is 14.8. The number of carboxylic acid groups (broad SMARTS) is 1. The van der Waals surface area contributed by atoms with Gasteiger partial charge in [-0.2, -0.15) is 0 Å². The summed E-state index contributed by atoms with van der Waals surface area (Å²) in [5.41, 5.74) is -1.81. The Kier molecular flexibility index (Phi) is 6.10. The lowest BCUT2D eigenvalue weighted by Gasteiger charge is -2.64. The van der Waals surface area contributed by atoms with Gasteiger partial charge in [-0.15, -0.1) is 0 Å². The largest absolute Gasteiger partial charge is 0.481 e. The van der Waals surface area contributed by atoms with Crippen LogP contribution in [0.15, 0.2) is 11.6 Å². The molecule has 0 radical (unpaired) electrons. The van der Waals surface area contributed by atoms with Crippen molar-refractivity contribution in [3.8, 4) is 0 Å². The van der Waals surface area contributed by atoms with Crippen LogP contribution in [0, 0.1) is 34.5 Å². The Bertz CT molecular complexity index is 1130. The average Bonchev–Trinajstić information content (AvgIpc) is 3.46. The maximum atomic E-state index is 13.3. The Morgan fingerprint density at radius 2 is 1.85 bits per heavy atom. The van der Waals surface area contributed by atoms with Crippen molar-refractivity contribution in [1.82, 2.24) is 0 Å². The van der Waals surface area contributed by atoms with E-state index in [1.165, 1.54) is 0 Å². The smallest absolute Gasteiger partial charge is 0.331 e. The highest BCUT2D eigenvalue weighted by molar-refractivity contribution is 5.85. The van der Waals surface area contributed by atoms with Crippen molar-refractivity contribution in [2.45, 2.75) is 107 Å². The zero-order chi connectivity index (χ0) is 28.2. The van der Waals surface area contributed by atoms with E-state index in [9.17, 15) is 35.1 Å². The highest BCUT2D eigenvalue weighted by Gasteiger charge is 2.72. The maximum Gasteiger partial charge on any atom is 0.331 e. The van der Waals surface area contributed by atoms with E-state index in [4.69, 9.17) is 18.9 Å². The van der Waals surface area contributed by atoms with Gasteiger partial charge in [-0.3, -0.25) is 4.79 Å². The van der Waals surface area contributed by atoms with Gasteiger partial charge in [-0.05, 0) is 80.6 Å². The molecule has 7 rings (SSSR count). The first kappa shape index (κ1) is 27.2. The third kappa shape index (κ3) is 3.43. The number of rotatable bonds is 3. The van der Waals surface area contributed by atoms with Gasteiger partial charge in [0.2, 0.25) is 12.1 Å². The van der Waals surface area contributed by atoms with Crippen LogP contribution in [0.4, 0.5) is 0 Å². The number of fused-ring (bicyclic) bond motifs is 7. The Balaban J connectivity index is 1.19. The van der Waals surface area contributed by atoms with Crippen molar-refractivity contribution in [2.75, 3.05) is 13.2 Å². The lowest BCUT2D eigenvalue weighted by Crippen LogP contribution is -2.72. The Morgan fingerprint density at radius 1 is 1.05 bits per heavy atom. The Labute approximate surface area is 232 Å². The molecule has 0 aromatic heterocycles. The third-order valence-corrected chi connectivity index (χ3v) is 12.3. The molecule has 11 heteroatoms. The molecule has 4 aliphatic carbocycles. The molecular formula is C29H40O11. The Morgan fingerprint density at radius 3 is 2.55 bits per heavy atom. The molecule has 6 fully saturated rings. The van der Waals surface area contributed by atoms with Crippen molar-refractivity contribution < 1.29 is 54.1 Å². The first-order valence-electron chi connectivity index (χ1n) is 14.8. The first-order chi connectivity index (χ1) is 19.0. The van der Waals surface area contributed by atoms with E-state index in [0.717, 1.165) is 12.0 Å². The van der Waals surface area contributed by atoms with Crippen LogP contribution in [0.5, 0.6) is 0 Å². The van der Waals surface area contributed by atoms with Crippen LogP contribution in [-0.2, 0) is 28.5 Å². The topological polar surface area (TPSA) is 172 Å². The summed E-state index contributed by atoms with van der Waals surface area (Å²) in [6, 6.07) is 0. The van der Waals surface area contributed by atoms with Crippen LogP contribution in [0.3, 0.4) is 0 Å². The minimum absolute atomic E-state index is 0.0101. The lowest BCUT2D eigenvalue weighted by molar-refractivity contribution is -0.459. The molecule has 222 valence electrons. The molecule has 3 heterocycles. The number of ether oxygens (including phenoxy) is 4. The van der Waals surface area contributed by atoms with Crippen LogP contribution in [-0.4, -0.2) is 92.8 Å². The summed E-state index contributed by atoms with van der Waals surface area (Å²) in [5.74, 6) is -4.14. The molecular weight excluding hydrogens is 524 g/mol. The molecule has 5 N–H and O–H groups in total. The summed E-state index contributed by atoms with van der Waals surface area (Å²) < 4.78 is 23.1. The highest BCUT2D eigenvalue weighted by Crippen LogP contribution is 2.70. The monoisotopic (exact) mass is 564 g/mol. The second-order valence-corrected chi connectivity index (χ2v) is 13.7. The van der Waals surface area contributed by atoms with Gasteiger partial charge < -0.3 is 44.5 Å². The van der Waals surface area contributed by atoms with Gasteiger partial charge in [-0.25, -0.2) is 4.79 Å². The second kappa shape index (κ2) is 8.95. The number of esters is 1. The van der Waals surface area contributed by atoms with E-state index in [2.05, 4.69) is 6.92 Å². The number of cyclic esters (lactones) is 1. The molecule has 40 heavy (non-hydrogen) atoms. The fourth-order valence-corrected chi connectivity index (χ4v) is 10.4. The van der Waals surface area contributed by atoms with E-state index >= 15 is 0 Å². The lowest BCUT2D eigenvalue weighted by atomic mass is 9.42. The molecule has 11 nitrogen and oxygen atoms in total. The summed E-state index contributed by atoms with van der Waals surface area (Å²) in [5, 5.41) is 54.9. The van der Waals surface area contributed by atoms with Crippen molar-refractivity contribution >= 4 is 11.9 Å². The number of aliphatic hydroxyl groups excluding tert-OH is 2.